The van der Waals surface area contributed by atoms with Crippen LogP contribution in [0.25, 0.3) is 11.0 Å². The maximum absolute atomic E-state index is 12.5. The number of benzene rings is 1. The van der Waals surface area contributed by atoms with Gasteiger partial charge in [-0.1, -0.05) is 23.5 Å². The zero-order valence-electron chi connectivity index (χ0n) is 12.6. The minimum atomic E-state index is -2.74. The van der Waals surface area contributed by atoms with Crippen molar-refractivity contribution in [3.8, 4) is 0 Å². The largest absolute Gasteiger partial charge is 0.329 e. The second kappa shape index (κ2) is 6.48. The average Bonchev–Trinajstić information content (AvgIpc) is 3.11. The monoisotopic (exact) mass is 353 g/mol. The van der Waals surface area contributed by atoms with Gasteiger partial charge in [-0.15, -0.1) is 10.2 Å². The second-order valence-electron chi connectivity index (χ2n) is 4.90. The highest BCUT2D eigenvalue weighted by Crippen LogP contribution is 2.25. The Morgan fingerprint density at radius 3 is 2.50 bits per heavy atom. The van der Waals surface area contributed by atoms with E-state index in [-0.39, 0.29) is 17.4 Å². The Morgan fingerprint density at radius 1 is 1.25 bits per heavy atom. The van der Waals surface area contributed by atoms with Crippen molar-refractivity contribution in [2.24, 2.45) is 0 Å². The molecule has 1 N–H and O–H groups in total. The molecule has 126 valence electrons. The van der Waals surface area contributed by atoms with E-state index in [1.54, 1.807) is 22.8 Å². The summed E-state index contributed by atoms with van der Waals surface area (Å²) in [6.07, 6.45) is -2.74. The number of nitrogens with one attached hydrogen (secondary N) is 1. The predicted octanol–water partition coefficient (Wildman–Crippen LogP) is 2.25. The Hall–Kier alpha value is -2.62. The third-order valence-corrected chi connectivity index (χ3v) is 4.26. The quantitative estimate of drug-likeness (QED) is 0.763. The molecule has 1 amide bonds. The molecule has 0 bridgehead atoms. The number of rotatable bonds is 5. The number of alkyl halides is 2. The number of aryl methyl sites for hydroxylation is 1. The van der Waals surface area contributed by atoms with Crippen LogP contribution < -0.4 is 11.0 Å². The van der Waals surface area contributed by atoms with Crippen LogP contribution in [0.5, 0.6) is 0 Å². The summed E-state index contributed by atoms with van der Waals surface area (Å²) in [5.41, 5.74) is 1.05. The van der Waals surface area contributed by atoms with E-state index in [0.29, 0.717) is 23.4 Å². The third kappa shape index (κ3) is 2.92. The van der Waals surface area contributed by atoms with Gasteiger partial charge in [0, 0.05) is 6.54 Å². The zero-order valence-corrected chi connectivity index (χ0v) is 13.4. The summed E-state index contributed by atoms with van der Waals surface area (Å²) < 4.78 is 27.9. The maximum atomic E-state index is 12.5. The van der Waals surface area contributed by atoms with Crippen LogP contribution in [-0.4, -0.2) is 25.2 Å². The molecule has 0 saturated carbocycles. The first-order chi connectivity index (χ1) is 11.5. The Morgan fingerprint density at radius 2 is 1.92 bits per heavy atom. The van der Waals surface area contributed by atoms with Crippen LogP contribution in [-0.2, 0) is 17.9 Å². The zero-order chi connectivity index (χ0) is 17.3. The van der Waals surface area contributed by atoms with Crippen LogP contribution in [0.3, 0.4) is 0 Å². The van der Waals surface area contributed by atoms with Crippen molar-refractivity contribution < 1.29 is 13.6 Å². The van der Waals surface area contributed by atoms with Gasteiger partial charge in [0.2, 0.25) is 11.0 Å². The van der Waals surface area contributed by atoms with E-state index >= 15 is 0 Å². The van der Waals surface area contributed by atoms with Crippen molar-refractivity contribution in [1.29, 1.82) is 0 Å². The molecule has 0 unspecified atom stereocenters. The number of anilines is 1. The number of amides is 1. The van der Waals surface area contributed by atoms with Crippen LogP contribution in [0.2, 0.25) is 0 Å². The molecule has 2 heterocycles. The Bertz CT molecular complexity index is 946. The van der Waals surface area contributed by atoms with Crippen LogP contribution >= 0.6 is 11.3 Å². The van der Waals surface area contributed by atoms with E-state index in [2.05, 4.69) is 15.5 Å². The number of halogens is 2. The first-order valence-electron chi connectivity index (χ1n) is 7.10. The molecular formula is C14H13F2N5O2S. The van der Waals surface area contributed by atoms with Gasteiger partial charge in [0.25, 0.3) is 6.43 Å². The standard InChI is InChI=1S/C14H13F2N5O2S/c1-2-20-8-5-3-4-6-9(8)21(14(20)23)7-10(22)17-13-19-18-12(24-13)11(15)16/h3-6,11H,2,7H2,1H3,(H,17,19,22). The molecule has 0 atom stereocenters. The highest BCUT2D eigenvalue weighted by atomic mass is 32.1. The van der Waals surface area contributed by atoms with Gasteiger partial charge < -0.3 is 0 Å². The lowest BCUT2D eigenvalue weighted by Gasteiger charge is -2.03. The number of para-hydroxylation sites is 2. The van der Waals surface area contributed by atoms with Crippen molar-refractivity contribution in [2.75, 3.05) is 5.32 Å². The summed E-state index contributed by atoms with van der Waals surface area (Å²) in [4.78, 5) is 24.5. The lowest BCUT2D eigenvalue weighted by atomic mass is 10.3. The van der Waals surface area contributed by atoms with Gasteiger partial charge in [-0.25, -0.2) is 13.6 Å². The molecule has 10 heteroatoms. The van der Waals surface area contributed by atoms with Gasteiger partial charge in [0.1, 0.15) is 6.54 Å². The molecule has 0 saturated heterocycles. The average molecular weight is 353 g/mol. The summed E-state index contributed by atoms with van der Waals surface area (Å²) in [6, 6.07) is 7.13. The Kier molecular flexibility index (Phi) is 4.38. The van der Waals surface area contributed by atoms with Crippen molar-refractivity contribution in [3.63, 3.8) is 0 Å². The number of nitrogens with zero attached hydrogens (tertiary/aromatic N) is 4. The van der Waals surface area contributed by atoms with Gasteiger partial charge in [0.15, 0.2) is 5.01 Å². The normalized spacial score (nSPS) is 11.3. The number of fused-ring (bicyclic) bond motifs is 1. The van der Waals surface area contributed by atoms with Gasteiger partial charge in [-0.05, 0) is 19.1 Å². The number of imidazole rings is 1. The van der Waals surface area contributed by atoms with E-state index in [9.17, 15) is 18.4 Å². The van der Waals surface area contributed by atoms with Crippen molar-refractivity contribution in [3.05, 3.63) is 39.8 Å². The lowest BCUT2D eigenvalue weighted by molar-refractivity contribution is -0.116. The molecule has 7 nitrogen and oxygen atoms in total. The summed E-state index contributed by atoms with van der Waals surface area (Å²) in [5.74, 6) is -0.534. The summed E-state index contributed by atoms with van der Waals surface area (Å²) in [7, 11) is 0. The van der Waals surface area contributed by atoms with E-state index in [1.807, 2.05) is 13.0 Å². The molecule has 1 aromatic carbocycles. The molecule has 24 heavy (non-hydrogen) atoms. The molecule has 2 aromatic heterocycles. The number of carbonyl (C=O) groups excluding carboxylic acids is 1. The number of hydrogen-bond donors (Lipinski definition) is 1. The second-order valence-corrected chi connectivity index (χ2v) is 5.91. The van der Waals surface area contributed by atoms with Crippen molar-refractivity contribution in [2.45, 2.75) is 26.4 Å². The summed E-state index contributed by atoms with van der Waals surface area (Å²) in [6.45, 7) is 2.07. The van der Waals surface area contributed by atoms with Crippen LogP contribution in [0, 0.1) is 0 Å². The Balaban J connectivity index is 1.85. The molecule has 0 fully saturated rings. The molecule has 3 aromatic rings. The fraction of sp³-hybridized carbons (Fsp3) is 0.286. The number of aromatic nitrogens is 4. The molecule has 0 aliphatic carbocycles. The first-order valence-corrected chi connectivity index (χ1v) is 7.92. The topological polar surface area (TPSA) is 81.8 Å². The predicted molar refractivity (Wildman–Crippen MR) is 85.4 cm³/mol. The molecule has 0 radical (unpaired) electrons. The molecule has 3 rings (SSSR count). The van der Waals surface area contributed by atoms with E-state index in [0.717, 1.165) is 5.52 Å². The summed E-state index contributed by atoms with van der Waals surface area (Å²) >= 11 is 0.601. The van der Waals surface area contributed by atoms with Crippen molar-refractivity contribution in [1.82, 2.24) is 19.3 Å². The minimum Gasteiger partial charge on any atom is -0.299 e. The third-order valence-electron chi connectivity index (χ3n) is 3.42. The van der Waals surface area contributed by atoms with E-state index < -0.39 is 17.3 Å². The van der Waals surface area contributed by atoms with Gasteiger partial charge in [-0.2, -0.15) is 0 Å². The maximum Gasteiger partial charge on any atom is 0.329 e. The molecule has 0 aliphatic rings. The van der Waals surface area contributed by atoms with Crippen LogP contribution in [0.4, 0.5) is 13.9 Å². The van der Waals surface area contributed by atoms with Gasteiger partial charge >= 0.3 is 5.69 Å². The van der Waals surface area contributed by atoms with E-state index in [4.69, 9.17) is 0 Å². The first kappa shape index (κ1) is 16.2. The minimum absolute atomic E-state index is 0.0254. The van der Waals surface area contributed by atoms with E-state index in [1.165, 1.54) is 4.57 Å². The molecule has 0 aliphatic heterocycles. The van der Waals surface area contributed by atoms with Crippen LogP contribution in [0.15, 0.2) is 29.1 Å². The highest BCUT2D eigenvalue weighted by Gasteiger charge is 2.17. The van der Waals surface area contributed by atoms with Crippen LogP contribution in [0.1, 0.15) is 18.4 Å². The number of hydrogen-bond acceptors (Lipinski definition) is 5. The van der Waals surface area contributed by atoms with Crippen molar-refractivity contribution >= 4 is 33.4 Å². The molecule has 0 spiro atoms. The Labute approximate surface area is 138 Å². The van der Waals surface area contributed by atoms with Gasteiger partial charge in [0.05, 0.1) is 11.0 Å². The lowest BCUT2D eigenvalue weighted by Crippen LogP contribution is -2.29. The fourth-order valence-corrected chi connectivity index (χ4v) is 3.02. The smallest absolute Gasteiger partial charge is 0.299 e. The SMILES string of the molecule is CCn1c(=O)n(CC(=O)Nc2nnc(C(F)F)s2)c2ccccc21. The fourth-order valence-electron chi connectivity index (χ4n) is 2.41. The van der Waals surface area contributed by atoms with Gasteiger partial charge in [-0.3, -0.25) is 19.2 Å². The summed E-state index contributed by atoms with van der Waals surface area (Å²) in [5, 5.41) is 8.68. The highest BCUT2D eigenvalue weighted by molar-refractivity contribution is 7.15. The number of carbonyl (C=O) groups is 1. The molecular weight excluding hydrogens is 340 g/mol.